The van der Waals surface area contributed by atoms with Crippen LogP contribution in [0.25, 0.3) is 32.3 Å². The molecule has 0 bridgehead atoms. The highest BCUT2D eigenvalue weighted by atomic mass is 16.3. The van der Waals surface area contributed by atoms with Gasteiger partial charge in [-0.25, -0.2) is 0 Å². The van der Waals surface area contributed by atoms with E-state index in [2.05, 4.69) is 53.8 Å². The number of aliphatic hydroxyl groups excluding tert-OH is 2. The van der Waals surface area contributed by atoms with Gasteiger partial charge < -0.3 is 21.3 Å². The summed E-state index contributed by atoms with van der Waals surface area (Å²) in [6.07, 6.45) is 13.1. The first-order valence-electron chi connectivity index (χ1n) is 13.8. The Morgan fingerprint density at radius 3 is 2.11 bits per heavy atom. The maximum atomic E-state index is 13.0. The summed E-state index contributed by atoms with van der Waals surface area (Å²) in [6, 6.07) is 18.3. The first-order valence-corrected chi connectivity index (χ1v) is 13.8. The molecule has 5 heteroatoms. The molecule has 0 aliphatic carbocycles. The fraction of sp³-hybridized carbons (Fsp3) is 0.406. The quantitative estimate of drug-likeness (QED) is 0.0906. The van der Waals surface area contributed by atoms with Gasteiger partial charge in [-0.15, -0.1) is 0 Å². The van der Waals surface area contributed by atoms with E-state index in [1.54, 1.807) is 6.08 Å². The fourth-order valence-electron chi connectivity index (χ4n) is 5.16. The number of carbonyl (C=O) groups excluding carboxylic acids is 1. The van der Waals surface area contributed by atoms with Crippen LogP contribution in [0, 0.1) is 0 Å². The van der Waals surface area contributed by atoms with Gasteiger partial charge in [-0.3, -0.25) is 4.79 Å². The van der Waals surface area contributed by atoms with Crippen molar-refractivity contribution in [1.29, 1.82) is 0 Å². The second-order valence-electron chi connectivity index (χ2n) is 10.1. The first-order chi connectivity index (χ1) is 18.1. The van der Waals surface area contributed by atoms with Gasteiger partial charge in [-0.1, -0.05) is 99.2 Å². The number of aliphatic hydroxyl groups is 2. The van der Waals surface area contributed by atoms with Crippen molar-refractivity contribution in [1.82, 2.24) is 5.32 Å². The van der Waals surface area contributed by atoms with E-state index in [1.807, 2.05) is 12.1 Å². The average Bonchev–Trinajstić information content (AvgIpc) is 2.93. The third kappa shape index (κ3) is 6.86. The first kappa shape index (κ1) is 27.1. The standard InChI is InChI=1S/C32H40N2O3/c33-28(22-35)29(36)14-9-7-5-3-1-2-4-6-8-10-21-34-32(37)27-20-18-25-16-15-23-12-11-13-24-17-19-26(27)31(25)30(23)24/h9,11-20,28-29,35-36H,1-8,10,21-22,33H2,(H,34,37)/b14-9+/t28?,29-/m1/s1. The molecular weight excluding hydrogens is 460 g/mol. The van der Waals surface area contributed by atoms with Crippen molar-refractivity contribution in [2.45, 2.75) is 69.9 Å². The van der Waals surface area contributed by atoms with Crippen LogP contribution in [0.5, 0.6) is 0 Å². The van der Waals surface area contributed by atoms with Gasteiger partial charge >= 0.3 is 0 Å². The molecule has 5 nitrogen and oxygen atoms in total. The largest absolute Gasteiger partial charge is 0.395 e. The zero-order valence-corrected chi connectivity index (χ0v) is 21.7. The molecule has 0 saturated carbocycles. The Kier molecular flexibility index (Phi) is 9.89. The minimum Gasteiger partial charge on any atom is -0.395 e. The Labute approximate surface area is 219 Å². The summed E-state index contributed by atoms with van der Waals surface area (Å²) >= 11 is 0. The van der Waals surface area contributed by atoms with Crippen LogP contribution in [0.4, 0.5) is 0 Å². The Hall–Kier alpha value is -2.99. The van der Waals surface area contributed by atoms with Gasteiger partial charge in [0.15, 0.2) is 0 Å². The zero-order valence-electron chi connectivity index (χ0n) is 21.7. The van der Waals surface area contributed by atoms with Crippen molar-refractivity contribution in [2.75, 3.05) is 13.2 Å². The molecule has 5 N–H and O–H groups in total. The molecule has 4 aromatic rings. The number of nitrogens with two attached hydrogens (primary N) is 1. The average molecular weight is 501 g/mol. The summed E-state index contributed by atoms with van der Waals surface area (Å²) in [5.74, 6) is 0.0119. The third-order valence-corrected chi connectivity index (χ3v) is 7.34. The van der Waals surface area contributed by atoms with Gasteiger partial charge in [0, 0.05) is 12.1 Å². The second-order valence-corrected chi connectivity index (χ2v) is 10.1. The maximum Gasteiger partial charge on any atom is 0.251 e. The molecule has 2 atom stereocenters. The van der Waals surface area contributed by atoms with E-state index in [4.69, 9.17) is 10.8 Å². The highest BCUT2D eigenvalue weighted by Gasteiger charge is 2.14. The third-order valence-electron chi connectivity index (χ3n) is 7.34. The van der Waals surface area contributed by atoms with Gasteiger partial charge in [-0.05, 0) is 57.6 Å². The number of hydrogen-bond acceptors (Lipinski definition) is 4. The van der Waals surface area contributed by atoms with Gasteiger partial charge in [0.05, 0.1) is 18.8 Å². The summed E-state index contributed by atoms with van der Waals surface area (Å²) in [7, 11) is 0. The topological polar surface area (TPSA) is 95.6 Å². The number of hydrogen-bond donors (Lipinski definition) is 4. The van der Waals surface area contributed by atoms with Gasteiger partial charge in [-0.2, -0.15) is 0 Å². The van der Waals surface area contributed by atoms with E-state index in [-0.39, 0.29) is 12.5 Å². The number of amides is 1. The van der Waals surface area contributed by atoms with Crippen LogP contribution in [0.1, 0.15) is 68.1 Å². The van der Waals surface area contributed by atoms with E-state index in [0.717, 1.165) is 36.6 Å². The molecule has 0 aliphatic rings. The minimum absolute atomic E-state index is 0.0119. The monoisotopic (exact) mass is 500 g/mol. The van der Waals surface area contributed by atoms with Gasteiger partial charge in [0.2, 0.25) is 0 Å². The molecule has 0 saturated heterocycles. The predicted molar refractivity (Wildman–Crippen MR) is 154 cm³/mol. The van der Waals surface area contributed by atoms with E-state index in [9.17, 15) is 9.90 Å². The fourth-order valence-corrected chi connectivity index (χ4v) is 5.16. The summed E-state index contributed by atoms with van der Waals surface area (Å²) in [4.78, 5) is 13.0. The molecule has 0 heterocycles. The molecule has 0 radical (unpaired) electrons. The van der Waals surface area contributed by atoms with E-state index in [1.165, 1.54) is 59.0 Å². The van der Waals surface area contributed by atoms with Gasteiger partial charge in [0.1, 0.15) is 0 Å². The number of carbonyl (C=O) groups is 1. The Morgan fingerprint density at radius 2 is 1.41 bits per heavy atom. The Balaban J connectivity index is 1.13. The molecule has 1 amide bonds. The van der Waals surface area contributed by atoms with Crippen LogP contribution in [-0.2, 0) is 0 Å². The Bertz CT molecular complexity index is 1300. The molecule has 0 aliphatic heterocycles. The molecule has 196 valence electrons. The van der Waals surface area contributed by atoms with Crippen LogP contribution in [0.2, 0.25) is 0 Å². The summed E-state index contributed by atoms with van der Waals surface area (Å²) in [6.45, 7) is 0.498. The number of allylic oxidation sites excluding steroid dienone is 1. The smallest absolute Gasteiger partial charge is 0.251 e. The van der Waals surface area contributed by atoms with Crippen molar-refractivity contribution >= 4 is 38.2 Å². The maximum absolute atomic E-state index is 13.0. The molecule has 37 heavy (non-hydrogen) atoms. The number of benzene rings is 4. The molecule has 0 spiro atoms. The van der Waals surface area contributed by atoms with Crippen LogP contribution in [-0.4, -0.2) is 41.4 Å². The summed E-state index contributed by atoms with van der Waals surface area (Å²) < 4.78 is 0. The molecule has 0 fully saturated rings. The SMILES string of the molecule is NC(CO)[C@H](O)/C=C/CCCCCCCCCCNC(=O)c1ccc2ccc3cccc4ccc1c2c34. The molecule has 4 rings (SSSR count). The number of nitrogens with one attached hydrogen (secondary N) is 1. The summed E-state index contributed by atoms with van der Waals surface area (Å²) in [5, 5.41) is 28.8. The lowest BCUT2D eigenvalue weighted by Crippen LogP contribution is -2.36. The van der Waals surface area contributed by atoms with Crippen LogP contribution < -0.4 is 11.1 Å². The molecule has 0 aromatic heterocycles. The lowest BCUT2D eigenvalue weighted by molar-refractivity contribution is 0.0954. The van der Waals surface area contributed by atoms with Crippen LogP contribution in [0.3, 0.4) is 0 Å². The lowest BCUT2D eigenvalue weighted by Gasteiger charge is -2.14. The van der Waals surface area contributed by atoms with Crippen molar-refractivity contribution in [3.8, 4) is 0 Å². The minimum atomic E-state index is -0.768. The van der Waals surface area contributed by atoms with Crippen molar-refractivity contribution in [2.24, 2.45) is 5.73 Å². The van der Waals surface area contributed by atoms with Crippen molar-refractivity contribution < 1.29 is 15.0 Å². The highest BCUT2D eigenvalue weighted by Crippen LogP contribution is 2.35. The number of unbranched alkanes of at least 4 members (excludes halogenated alkanes) is 8. The lowest BCUT2D eigenvalue weighted by atomic mass is 9.92. The van der Waals surface area contributed by atoms with E-state index in [0.29, 0.717) is 6.54 Å². The van der Waals surface area contributed by atoms with E-state index >= 15 is 0 Å². The van der Waals surface area contributed by atoms with Gasteiger partial charge in [0.25, 0.3) is 5.91 Å². The molecule has 1 unspecified atom stereocenters. The number of rotatable bonds is 15. The highest BCUT2D eigenvalue weighted by molar-refractivity contribution is 6.26. The molecular formula is C32H40N2O3. The van der Waals surface area contributed by atoms with Crippen molar-refractivity contribution in [3.63, 3.8) is 0 Å². The van der Waals surface area contributed by atoms with Crippen LogP contribution >= 0.6 is 0 Å². The predicted octanol–water partition coefficient (Wildman–Crippen LogP) is 6.06. The normalized spacial score (nSPS) is 13.7. The summed E-state index contributed by atoms with van der Waals surface area (Å²) in [5.41, 5.74) is 6.33. The molecule has 4 aromatic carbocycles. The Morgan fingerprint density at radius 1 is 0.811 bits per heavy atom. The van der Waals surface area contributed by atoms with Crippen LogP contribution in [0.15, 0.2) is 66.7 Å². The van der Waals surface area contributed by atoms with Crippen molar-refractivity contribution in [3.05, 3.63) is 72.3 Å². The zero-order chi connectivity index (χ0) is 26.0. The van der Waals surface area contributed by atoms with E-state index < -0.39 is 12.1 Å². The second kappa shape index (κ2) is 13.5.